The molecule has 0 spiro atoms. The van der Waals surface area contributed by atoms with Crippen molar-refractivity contribution in [2.45, 2.75) is 135 Å². The molecule has 31 heavy (non-hydrogen) atoms. The number of hydrogen-bond donors (Lipinski definition) is 0. The van der Waals surface area contributed by atoms with Crippen molar-refractivity contribution in [3.63, 3.8) is 0 Å². The summed E-state index contributed by atoms with van der Waals surface area (Å²) in [5.41, 5.74) is 4.35. The molecule has 3 rings (SSSR count). The van der Waals surface area contributed by atoms with Gasteiger partial charge in [0, 0.05) is 0 Å². The lowest BCUT2D eigenvalue weighted by Gasteiger charge is -2.39. The molecule has 0 bridgehead atoms. The summed E-state index contributed by atoms with van der Waals surface area (Å²) in [5.74, 6) is 0.511. The largest absolute Gasteiger partial charge is 0.207 e. The number of benzene rings is 1. The van der Waals surface area contributed by atoms with Crippen LogP contribution in [0.5, 0.6) is 0 Å². The van der Waals surface area contributed by atoms with Gasteiger partial charge < -0.3 is 0 Å². The van der Waals surface area contributed by atoms with E-state index < -0.39 is 0 Å². The van der Waals surface area contributed by atoms with Gasteiger partial charge in [0.05, 0.1) is 0 Å². The third-order valence-electron chi connectivity index (χ3n) is 8.21. The highest BCUT2D eigenvalue weighted by atomic mass is 19.1. The second-order valence-electron chi connectivity index (χ2n) is 10.7. The van der Waals surface area contributed by atoms with Crippen molar-refractivity contribution in [1.82, 2.24) is 0 Å². The van der Waals surface area contributed by atoms with Crippen LogP contribution < -0.4 is 0 Å². The fraction of sp³-hybridized carbons (Fsp3) is 0.733. The monoisotopic (exact) mass is 426 g/mol. The Bertz CT molecular complexity index is 680. The zero-order valence-electron chi connectivity index (χ0n) is 20.5. The van der Waals surface area contributed by atoms with Crippen LogP contribution in [-0.4, -0.2) is 0 Å². The first-order valence-electron chi connectivity index (χ1n) is 13.6. The average molecular weight is 427 g/mol. The van der Waals surface area contributed by atoms with Gasteiger partial charge in [-0.25, -0.2) is 4.39 Å². The second kappa shape index (κ2) is 12.8. The summed E-state index contributed by atoms with van der Waals surface area (Å²) in [5, 5.41) is 0. The van der Waals surface area contributed by atoms with E-state index >= 15 is 0 Å². The zero-order valence-corrected chi connectivity index (χ0v) is 20.5. The molecule has 1 aromatic rings. The van der Waals surface area contributed by atoms with Crippen molar-refractivity contribution < 1.29 is 4.39 Å². The summed E-state index contributed by atoms with van der Waals surface area (Å²) in [7, 11) is 0. The molecule has 0 saturated heterocycles. The highest BCUT2D eigenvalue weighted by molar-refractivity contribution is 5.28. The van der Waals surface area contributed by atoms with Crippen molar-refractivity contribution >= 4 is 0 Å². The molecule has 174 valence electrons. The maximum absolute atomic E-state index is 14.8. The SMILES string of the molecule is CCCCCC1(CCC(CC2=CCCCC2)c2ccc(CCC)c(F)c2)CCCCC1. The average Bonchev–Trinajstić information content (AvgIpc) is 2.80. The molecule has 0 amide bonds. The smallest absolute Gasteiger partial charge is 0.126 e. The minimum atomic E-state index is 0.0253. The minimum absolute atomic E-state index is 0.0253. The molecule has 0 aliphatic heterocycles. The van der Waals surface area contributed by atoms with Crippen LogP contribution in [0.2, 0.25) is 0 Å². The molecule has 1 atom stereocenters. The van der Waals surface area contributed by atoms with E-state index in [1.54, 1.807) is 5.57 Å². The summed E-state index contributed by atoms with van der Waals surface area (Å²) in [6.07, 6.45) is 25.9. The van der Waals surface area contributed by atoms with E-state index in [2.05, 4.69) is 32.1 Å². The van der Waals surface area contributed by atoms with E-state index in [-0.39, 0.29) is 5.82 Å². The lowest BCUT2D eigenvalue weighted by molar-refractivity contribution is 0.144. The Labute approximate surface area is 192 Å². The van der Waals surface area contributed by atoms with Crippen LogP contribution in [0, 0.1) is 11.2 Å². The maximum atomic E-state index is 14.8. The van der Waals surface area contributed by atoms with Gasteiger partial charge in [-0.3, -0.25) is 0 Å². The van der Waals surface area contributed by atoms with E-state index in [9.17, 15) is 4.39 Å². The molecule has 1 fully saturated rings. The third-order valence-corrected chi connectivity index (χ3v) is 8.21. The summed E-state index contributed by atoms with van der Waals surface area (Å²) >= 11 is 0. The summed E-state index contributed by atoms with van der Waals surface area (Å²) in [4.78, 5) is 0. The first-order valence-corrected chi connectivity index (χ1v) is 13.6. The fourth-order valence-electron chi connectivity index (χ4n) is 6.24. The number of hydrogen-bond acceptors (Lipinski definition) is 0. The number of aryl methyl sites for hydroxylation is 1. The van der Waals surface area contributed by atoms with Crippen LogP contribution in [0.4, 0.5) is 4.39 Å². The Morgan fingerprint density at radius 2 is 1.77 bits per heavy atom. The number of unbranched alkanes of at least 4 members (excludes halogenated alkanes) is 2. The summed E-state index contributed by atoms with van der Waals surface area (Å²) in [6.45, 7) is 4.45. The molecule has 1 saturated carbocycles. The van der Waals surface area contributed by atoms with Crippen LogP contribution in [0.3, 0.4) is 0 Å². The predicted octanol–water partition coefficient (Wildman–Crippen LogP) is 10.1. The van der Waals surface area contributed by atoms with E-state index in [4.69, 9.17) is 0 Å². The molecule has 0 aromatic heterocycles. The van der Waals surface area contributed by atoms with Crippen molar-refractivity contribution in [2.24, 2.45) is 5.41 Å². The lowest BCUT2D eigenvalue weighted by Crippen LogP contribution is -2.25. The van der Waals surface area contributed by atoms with E-state index in [0.717, 1.165) is 24.8 Å². The minimum Gasteiger partial charge on any atom is -0.207 e. The quantitative estimate of drug-likeness (QED) is 0.230. The molecule has 2 aliphatic rings. The van der Waals surface area contributed by atoms with Gasteiger partial charge in [-0.1, -0.05) is 82.6 Å². The van der Waals surface area contributed by atoms with Crippen molar-refractivity contribution in [2.75, 3.05) is 0 Å². The van der Waals surface area contributed by atoms with Crippen LogP contribution in [0.25, 0.3) is 0 Å². The highest BCUT2D eigenvalue weighted by Crippen LogP contribution is 2.47. The van der Waals surface area contributed by atoms with E-state index in [1.807, 2.05) is 6.07 Å². The lowest BCUT2D eigenvalue weighted by atomic mass is 9.66. The van der Waals surface area contributed by atoms with Crippen LogP contribution in [0.15, 0.2) is 29.8 Å². The topological polar surface area (TPSA) is 0 Å². The van der Waals surface area contributed by atoms with Crippen molar-refractivity contribution in [1.29, 1.82) is 0 Å². The Hall–Kier alpha value is -1.11. The summed E-state index contributed by atoms with van der Waals surface area (Å²) in [6, 6.07) is 6.23. The molecular formula is C30H47F. The molecule has 0 radical (unpaired) electrons. The van der Waals surface area contributed by atoms with Crippen LogP contribution >= 0.6 is 0 Å². The van der Waals surface area contributed by atoms with Gasteiger partial charge in [0.1, 0.15) is 5.82 Å². The Morgan fingerprint density at radius 3 is 2.45 bits per heavy atom. The molecule has 1 aromatic carbocycles. The van der Waals surface area contributed by atoms with Crippen molar-refractivity contribution in [3.05, 3.63) is 46.8 Å². The number of allylic oxidation sites excluding steroid dienone is 2. The molecule has 0 heterocycles. The highest BCUT2D eigenvalue weighted by Gasteiger charge is 2.32. The maximum Gasteiger partial charge on any atom is 0.126 e. The number of rotatable bonds is 12. The van der Waals surface area contributed by atoms with Crippen LogP contribution in [-0.2, 0) is 6.42 Å². The summed E-state index contributed by atoms with van der Waals surface area (Å²) < 4.78 is 14.8. The standard InChI is InChI=1S/C30H47F/c1-3-5-10-19-30(20-11-7-12-21-30)22-18-28(23-25-14-8-6-9-15-25)27-17-16-26(13-4-2)29(31)24-27/h14,16-17,24,28H,3-13,15,18-23H2,1-2H3. The van der Waals surface area contributed by atoms with E-state index in [0.29, 0.717) is 11.3 Å². The molecule has 0 N–H and O–H groups in total. The predicted molar refractivity (Wildman–Crippen MR) is 133 cm³/mol. The van der Waals surface area contributed by atoms with Gasteiger partial charge >= 0.3 is 0 Å². The Balaban J connectivity index is 1.75. The third kappa shape index (κ3) is 7.47. The van der Waals surface area contributed by atoms with Gasteiger partial charge in [-0.05, 0) is 99.2 Å². The molecule has 0 nitrogen and oxygen atoms in total. The zero-order chi connectivity index (χ0) is 21.9. The Morgan fingerprint density at radius 1 is 0.935 bits per heavy atom. The van der Waals surface area contributed by atoms with Gasteiger partial charge in [0.15, 0.2) is 0 Å². The van der Waals surface area contributed by atoms with Gasteiger partial charge in [-0.15, -0.1) is 0 Å². The number of halogens is 1. The van der Waals surface area contributed by atoms with Gasteiger partial charge in [0.2, 0.25) is 0 Å². The fourth-order valence-corrected chi connectivity index (χ4v) is 6.24. The second-order valence-corrected chi connectivity index (χ2v) is 10.7. The normalized spacial score (nSPS) is 19.8. The van der Waals surface area contributed by atoms with Gasteiger partial charge in [0.25, 0.3) is 0 Å². The molecule has 2 aliphatic carbocycles. The molecule has 1 unspecified atom stereocenters. The first kappa shape index (κ1) is 24.5. The Kier molecular flexibility index (Phi) is 10.1. The van der Waals surface area contributed by atoms with E-state index in [1.165, 1.54) is 102 Å². The molecule has 1 heteroatoms. The first-order chi connectivity index (χ1) is 15.2. The van der Waals surface area contributed by atoms with Crippen molar-refractivity contribution in [3.8, 4) is 0 Å². The van der Waals surface area contributed by atoms with Gasteiger partial charge in [-0.2, -0.15) is 0 Å². The molecular weight excluding hydrogens is 379 g/mol. The van der Waals surface area contributed by atoms with Crippen LogP contribution in [0.1, 0.15) is 140 Å².